The average molecular weight is 264 g/mol. The topological polar surface area (TPSA) is 54.4 Å². The fourth-order valence-corrected chi connectivity index (χ4v) is 2.26. The van der Waals surface area contributed by atoms with E-state index in [9.17, 15) is 5.11 Å². The Morgan fingerprint density at radius 2 is 2.33 bits per heavy atom. The van der Waals surface area contributed by atoms with E-state index in [0.717, 1.165) is 30.1 Å². The van der Waals surface area contributed by atoms with Gasteiger partial charge in [-0.25, -0.2) is 4.98 Å². The van der Waals surface area contributed by atoms with Crippen molar-refractivity contribution in [2.24, 2.45) is 0 Å². The van der Waals surface area contributed by atoms with Crippen LogP contribution in [0.25, 0.3) is 0 Å². The molecule has 96 valence electrons. The predicted octanol–water partition coefficient (Wildman–Crippen LogP) is 2.19. The smallest absolute Gasteiger partial charge is 0.160 e. The molecule has 0 aliphatic carbocycles. The van der Waals surface area contributed by atoms with Gasteiger partial charge in [0.1, 0.15) is 0 Å². The van der Waals surface area contributed by atoms with Gasteiger partial charge in [0.2, 0.25) is 0 Å². The van der Waals surface area contributed by atoms with Gasteiger partial charge in [0, 0.05) is 31.1 Å². The molecular weight excluding hydrogens is 248 g/mol. The van der Waals surface area contributed by atoms with Gasteiger partial charge in [0.15, 0.2) is 11.5 Å². The maximum absolute atomic E-state index is 9.48. The molecule has 0 atom stereocenters. The van der Waals surface area contributed by atoms with E-state index in [1.807, 2.05) is 23.7 Å². The lowest BCUT2D eigenvalue weighted by Crippen LogP contribution is -2.16. The maximum atomic E-state index is 9.48. The summed E-state index contributed by atoms with van der Waals surface area (Å²) in [7, 11) is 1.55. The van der Waals surface area contributed by atoms with Crippen LogP contribution in [0.4, 0.5) is 0 Å². The zero-order chi connectivity index (χ0) is 12.8. The van der Waals surface area contributed by atoms with Crippen LogP contribution in [-0.4, -0.2) is 23.7 Å². The predicted molar refractivity (Wildman–Crippen MR) is 72.2 cm³/mol. The molecule has 1 heterocycles. The summed E-state index contributed by atoms with van der Waals surface area (Å²) in [5.74, 6) is 0.679. The molecule has 2 aromatic rings. The second-order valence-electron chi connectivity index (χ2n) is 3.86. The van der Waals surface area contributed by atoms with Crippen molar-refractivity contribution in [2.45, 2.75) is 13.0 Å². The molecule has 0 fully saturated rings. The van der Waals surface area contributed by atoms with Gasteiger partial charge in [0.05, 0.1) is 12.1 Å². The highest BCUT2D eigenvalue weighted by Crippen LogP contribution is 2.26. The van der Waals surface area contributed by atoms with Crippen LogP contribution in [0.3, 0.4) is 0 Å². The van der Waals surface area contributed by atoms with Crippen LogP contribution in [0.1, 0.15) is 10.6 Å². The highest BCUT2D eigenvalue weighted by atomic mass is 32.1. The van der Waals surface area contributed by atoms with Crippen LogP contribution in [-0.2, 0) is 13.0 Å². The summed E-state index contributed by atoms with van der Waals surface area (Å²) in [4.78, 5) is 4.23. The summed E-state index contributed by atoms with van der Waals surface area (Å²) in [6.45, 7) is 1.64. The fourth-order valence-electron chi connectivity index (χ4n) is 1.64. The molecule has 5 heteroatoms. The number of nitrogens with zero attached hydrogens (tertiary/aromatic N) is 1. The standard InChI is InChI=1S/C13H16N2O2S/c1-17-12-8-10(2-3-11(12)16)9-14-5-4-13-15-6-7-18-13/h2-3,6-8,14,16H,4-5,9H2,1H3. The van der Waals surface area contributed by atoms with Gasteiger partial charge < -0.3 is 15.2 Å². The molecule has 2 N–H and O–H groups in total. The monoisotopic (exact) mass is 264 g/mol. The highest BCUT2D eigenvalue weighted by molar-refractivity contribution is 7.09. The van der Waals surface area contributed by atoms with Crippen LogP contribution in [0.2, 0.25) is 0 Å². The molecule has 0 unspecified atom stereocenters. The second-order valence-corrected chi connectivity index (χ2v) is 4.84. The van der Waals surface area contributed by atoms with Crippen molar-refractivity contribution in [3.05, 3.63) is 40.3 Å². The molecule has 18 heavy (non-hydrogen) atoms. The molecule has 0 saturated carbocycles. The van der Waals surface area contributed by atoms with Gasteiger partial charge >= 0.3 is 0 Å². The largest absolute Gasteiger partial charge is 0.504 e. The van der Waals surface area contributed by atoms with Gasteiger partial charge in [-0.3, -0.25) is 0 Å². The first-order valence-electron chi connectivity index (χ1n) is 5.74. The van der Waals surface area contributed by atoms with E-state index >= 15 is 0 Å². The van der Waals surface area contributed by atoms with Gasteiger partial charge in [0.25, 0.3) is 0 Å². The number of aromatic nitrogens is 1. The molecule has 0 radical (unpaired) electrons. The van der Waals surface area contributed by atoms with Crippen LogP contribution < -0.4 is 10.1 Å². The molecule has 2 rings (SSSR count). The Morgan fingerprint density at radius 3 is 3.06 bits per heavy atom. The number of nitrogens with one attached hydrogen (secondary N) is 1. The Hall–Kier alpha value is -1.59. The lowest BCUT2D eigenvalue weighted by atomic mass is 10.2. The van der Waals surface area contributed by atoms with Crippen molar-refractivity contribution in [3.63, 3.8) is 0 Å². The first-order chi connectivity index (χ1) is 8.79. The molecule has 0 bridgehead atoms. The van der Waals surface area contributed by atoms with Crippen molar-refractivity contribution in [1.82, 2.24) is 10.3 Å². The summed E-state index contributed by atoms with van der Waals surface area (Å²) in [5, 5.41) is 15.9. The van der Waals surface area contributed by atoms with E-state index in [1.165, 1.54) is 0 Å². The fraction of sp³-hybridized carbons (Fsp3) is 0.308. The summed E-state index contributed by atoms with van der Waals surface area (Å²) < 4.78 is 5.06. The summed E-state index contributed by atoms with van der Waals surface area (Å²) in [5.41, 5.74) is 1.09. The zero-order valence-corrected chi connectivity index (χ0v) is 11.0. The van der Waals surface area contributed by atoms with Gasteiger partial charge in [-0.1, -0.05) is 6.07 Å². The number of benzene rings is 1. The van der Waals surface area contributed by atoms with Crippen molar-refractivity contribution in [2.75, 3.05) is 13.7 Å². The SMILES string of the molecule is COc1cc(CNCCc2nccs2)ccc1O. The second kappa shape index (κ2) is 6.37. The van der Waals surface area contributed by atoms with Crippen LogP contribution >= 0.6 is 11.3 Å². The Labute approximate surface area is 110 Å². The van der Waals surface area contributed by atoms with E-state index in [4.69, 9.17) is 4.74 Å². The lowest BCUT2D eigenvalue weighted by Gasteiger charge is -2.07. The Bertz CT molecular complexity index is 486. The number of rotatable bonds is 6. The van der Waals surface area contributed by atoms with E-state index in [1.54, 1.807) is 24.5 Å². The van der Waals surface area contributed by atoms with Crippen molar-refractivity contribution < 1.29 is 9.84 Å². The van der Waals surface area contributed by atoms with E-state index < -0.39 is 0 Å². The molecule has 4 nitrogen and oxygen atoms in total. The zero-order valence-electron chi connectivity index (χ0n) is 10.2. The van der Waals surface area contributed by atoms with Crippen molar-refractivity contribution in [3.8, 4) is 11.5 Å². The Morgan fingerprint density at radius 1 is 1.44 bits per heavy atom. The number of phenols is 1. The van der Waals surface area contributed by atoms with Crippen molar-refractivity contribution in [1.29, 1.82) is 0 Å². The number of thiazole rings is 1. The van der Waals surface area contributed by atoms with Crippen LogP contribution in [0, 0.1) is 0 Å². The number of methoxy groups -OCH3 is 1. The molecule has 0 amide bonds. The Kier molecular flexibility index (Phi) is 4.55. The average Bonchev–Trinajstić information content (AvgIpc) is 2.89. The minimum absolute atomic E-state index is 0.170. The normalized spacial score (nSPS) is 10.5. The summed E-state index contributed by atoms with van der Waals surface area (Å²) >= 11 is 1.67. The van der Waals surface area contributed by atoms with Crippen LogP contribution in [0.5, 0.6) is 11.5 Å². The molecule has 0 aliphatic heterocycles. The first-order valence-corrected chi connectivity index (χ1v) is 6.62. The van der Waals surface area contributed by atoms with Gasteiger partial charge in [-0.2, -0.15) is 0 Å². The maximum Gasteiger partial charge on any atom is 0.160 e. The minimum Gasteiger partial charge on any atom is -0.504 e. The van der Waals surface area contributed by atoms with E-state index in [-0.39, 0.29) is 5.75 Å². The molecule has 1 aromatic heterocycles. The van der Waals surface area contributed by atoms with Gasteiger partial charge in [-0.15, -0.1) is 11.3 Å². The molecule has 1 aromatic carbocycles. The quantitative estimate of drug-likeness (QED) is 0.785. The third kappa shape index (κ3) is 3.45. The number of hydrogen-bond acceptors (Lipinski definition) is 5. The van der Waals surface area contributed by atoms with Crippen molar-refractivity contribution >= 4 is 11.3 Å². The van der Waals surface area contributed by atoms with Crippen LogP contribution in [0.15, 0.2) is 29.8 Å². The molecule has 0 saturated heterocycles. The number of hydrogen-bond donors (Lipinski definition) is 2. The molecular formula is C13H16N2O2S. The van der Waals surface area contributed by atoms with Gasteiger partial charge in [-0.05, 0) is 17.7 Å². The number of aromatic hydroxyl groups is 1. The minimum atomic E-state index is 0.170. The third-order valence-corrected chi connectivity index (χ3v) is 3.41. The summed E-state index contributed by atoms with van der Waals surface area (Å²) in [6, 6.07) is 5.37. The number of phenolic OH excluding ortho intramolecular Hbond substituents is 1. The number of ether oxygens (including phenoxy) is 1. The van der Waals surface area contributed by atoms with E-state index in [0.29, 0.717) is 5.75 Å². The molecule has 0 spiro atoms. The van der Waals surface area contributed by atoms with E-state index in [2.05, 4.69) is 10.3 Å². The summed E-state index contributed by atoms with van der Waals surface area (Å²) in [6.07, 6.45) is 2.76. The lowest BCUT2D eigenvalue weighted by molar-refractivity contribution is 0.373. The molecule has 0 aliphatic rings. The third-order valence-electron chi connectivity index (χ3n) is 2.57. The highest BCUT2D eigenvalue weighted by Gasteiger charge is 2.02. The first kappa shape index (κ1) is 12.9. The Balaban J connectivity index is 1.79.